The van der Waals surface area contributed by atoms with Crippen molar-refractivity contribution in [3.63, 3.8) is 0 Å². The average molecular weight is 267 g/mol. The van der Waals surface area contributed by atoms with E-state index in [4.69, 9.17) is 5.11 Å². The van der Waals surface area contributed by atoms with Crippen molar-refractivity contribution < 1.29 is 19.4 Å². The van der Waals surface area contributed by atoms with Gasteiger partial charge in [0.1, 0.15) is 5.82 Å². The largest absolute Gasteiger partial charge is 0.478 e. The van der Waals surface area contributed by atoms with E-state index in [2.05, 4.69) is 0 Å². The molecule has 19 heavy (non-hydrogen) atoms. The van der Waals surface area contributed by atoms with Crippen LogP contribution in [0.15, 0.2) is 18.2 Å². The van der Waals surface area contributed by atoms with E-state index in [1.54, 1.807) is 6.92 Å². The number of carboxylic acids is 1. The Morgan fingerprint density at radius 2 is 2.26 bits per heavy atom. The van der Waals surface area contributed by atoms with Gasteiger partial charge in [-0.1, -0.05) is 0 Å². The highest BCUT2D eigenvalue weighted by molar-refractivity contribution is 5.87. The number of piperidine rings is 1. The Hall–Kier alpha value is -1.46. The maximum Gasteiger partial charge on any atom is 0.335 e. The van der Waals surface area contributed by atoms with Crippen molar-refractivity contribution in [1.29, 1.82) is 0 Å². The van der Waals surface area contributed by atoms with Crippen LogP contribution in [0.2, 0.25) is 0 Å². The number of halogens is 1. The maximum absolute atomic E-state index is 13.7. The second kappa shape index (κ2) is 5.27. The molecule has 5 heteroatoms. The fourth-order valence-electron chi connectivity index (χ4n) is 2.53. The van der Waals surface area contributed by atoms with E-state index < -0.39 is 17.4 Å². The first kappa shape index (κ1) is 14.0. The molecular weight excluding hydrogens is 249 g/mol. The highest BCUT2D eigenvalue weighted by Crippen LogP contribution is 2.23. The van der Waals surface area contributed by atoms with Crippen molar-refractivity contribution >= 4 is 5.97 Å². The van der Waals surface area contributed by atoms with Gasteiger partial charge in [-0.15, -0.1) is 0 Å². The van der Waals surface area contributed by atoms with Gasteiger partial charge in [0.2, 0.25) is 0 Å². The van der Waals surface area contributed by atoms with Crippen LogP contribution < -0.4 is 0 Å². The monoisotopic (exact) mass is 267 g/mol. The maximum atomic E-state index is 13.7. The number of benzene rings is 1. The van der Waals surface area contributed by atoms with Crippen molar-refractivity contribution in [3.8, 4) is 0 Å². The van der Waals surface area contributed by atoms with Gasteiger partial charge in [0.15, 0.2) is 0 Å². The number of rotatable bonds is 3. The number of aliphatic hydroxyl groups is 1. The smallest absolute Gasteiger partial charge is 0.335 e. The van der Waals surface area contributed by atoms with Crippen LogP contribution in [0.3, 0.4) is 0 Å². The van der Waals surface area contributed by atoms with Crippen LogP contribution in [-0.2, 0) is 6.54 Å². The first-order chi connectivity index (χ1) is 8.87. The zero-order valence-electron chi connectivity index (χ0n) is 10.9. The van der Waals surface area contributed by atoms with Crippen molar-refractivity contribution in [2.75, 3.05) is 13.1 Å². The van der Waals surface area contributed by atoms with Crippen LogP contribution in [0.1, 0.15) is 35.7 Å². The fraction of sp³-hybridized carbons (Fsp3) is 0.500. The number of β-amino-alcohol motifs (C(OH)–C–C–N with tert-alkyl or cyclic N) is 1. The van der Waals surface area contributed by atoms with Crippen molar-refractivity contribution in [2.45, 2.75) is 31.9 Å². The van der Waals surface area contributed by atoms with Gasteiger partial charge in [-0.3, -0.25) is 4.90 Å². The number of hydrogen-bond acceptors (Lipinski definition) is 3. The molecule has 0 radical (unpaired) electrons. The van der Waals surface area contributed by atoms with Crippen molar-refractivity contribution in [2.24, 2.45) is 0 Å². The molecule has 0 saturated carbocycles. The predicted octanol–water partition coefficient (Wildman–Crippen LogP) is 1.87. The Bertz CT molecular complexity index is 488. The zero-order chi connectivity index (χ0) is 14.0. The number of carboxylic acid groups (broad SMARTS) is 1. The Morgan fingerprint density at radius 1 is 1.53 bits per heavy atom. The molecule has 0 amide bonds. The molecule has 0 aliphatic carbocycles. The Balaban J connectivity index is 2.14. The summed E-state index contributed by atoms with van der Waals surface area (Å²) in [6, 6.07) is 3.80. The van der Waals surface area contributed by atoms with Gasteiger partial charge in [0.25, 0.3) is 0 Å². The summed E-state index contributed by atoms with van der Waals surface area (Å²) >= 11 is 0. The average Bonchev–Trinajstić information content (AvgIpc) is 2.30. The van der Waals surface area contributed by atoms with Crippen LogP contribution in [0.25, 0.3) is 0 Å². The van der Waals surface area contributed by atoms with Gasteiger partial charge in [0.05, 0.1) is 11.2 Å². The summed E-state index contributed by atoms with van der Waals surface area (Å²) in [5.41, 5.74) is -0.308. The van der Waals surface area contributed by atoms with Crippen LogP contribution in [-0.4, -0.2) is 39.8 Å². The van der Waals surface area contributed by atoms with E-state index in [1.807, 2.05) is 4.90 Å². The minimum Gasteiger partial charge on any atom is -0.478 e. The molecule has 104 valence electrons. The van der Waals surface area contributed by atoms with Crippen LogP contribution in [0.4, 0.5) is 4.39 Å². The van der Waals surface area contributed by atoms with Gasteiger partial charge in [0, 0.05) is 18.7 Å². The lowest BCUT2D eigenvalue weighted by atomic mass is 9.94. The number of nitrogens with zero attached hydrogens (tertiary/aromatic N) is 1. The molecular formula is C14H18FNO3. The molecule has 1 aliphatic rings. The summed E-state index contributed by atoms with van der Waals surface area (Å²) in [5, 5.41) is 18.9. The molecule has 1 atom stereocenters. The van der Waals surface area contributed by atoms with E-state index in [9.17, 15) is 14.3 Å². The minimum absolute atomic E-state index is 0.0835. The predicted molar refractivity (Wildman–Crippen MR) is 68.5 cm³/mol. The van der Waals surface area contributed by atoms with E-state index in [1.165, 1.54) is 18.2 Å². The second-order valence-electron chi connectivity index (χ2n) is 5.42. The molecule has 1 aromatic rings. The Morgan fingerprint density at radius 3 is 2.89 bits per heavy atom. The first-order valence-electron chi connectivity index (χ1n) is 6.34. The third kappa shape index (κ3) is 3.52. The lowest BCUT2D eigenvalue weighted by molar-refractivity contribution is -0.0184. The number of carbonyl (C=O) groups is 1. The van der Waals surface area contributed by atoms with Crippen LogP contribution >= 0.6 is 0 Å². The molecule has 2 N–H and O–H groups in total. The van der Waals surface area contributed by atoms with E-state index >= 15 is 0 Å². The van der Waals surface area contributed by atoms with Crippen LogP contribution in [0, 0.1) is 5.82 Å². The lowest BCUT2D eigenvalue weighted by Gasteiger charge is -2.36. The molecule has 1 heterocycles. The molecule has 1 unspecified atom stereocenters. The second-order valence-corrected chi connectivity index (χ2v) is 5.42. The number of hydrogen-bond donors (Lipinski definition) is 2. The normalized spacial score (nSPS) is 24.4. The summed E-state index contributed by atoms with van der Waals surface area (Å²) < 4.78 is 13.7. The van der Waals surface area contributed by atoms with Gasteiger partial charge in [-0.2, -0.15) is 0 Å². The standard InChI is InChI=1S/C14H18FNO3/c1-14(19)5-2-6-16(9-14)8-11-7-10(13(17)18)3-4-12(11)15/h3-4,7,19H,2,5-6,8-9H2,1H3,(H,17,18). The molecule has 0 aromatic heterocycles. The summed E-state index contributed by atoms with van der Waals surface area (Å²) in [6.45, 7) is 3.35. The summed E-state index contributed by atoms with van der Waals surface area (Å²) in [7, 11) is 0. The summed E-state index contributed by atoms with van der Waals surface area (Å²) in [5.74, 6) is -1.47. The van der Waals surface area contributed by atoms with Gasteiger partial charge < -0.3 is 10.2 Å². The van der Waals surface area contributed by atoms with Crippen LogP contribution in [0.5, 0.6) is 0 Å². The summed E-state index contributed by atoms with van der Waals surface area (Å²) in [4.78, 5) is 12.8. The Labute approximate surface area is 111 Å². The molecule has 1 fully saturated rings. The van der Waals surface area contributed by atoms with E-state index in [0.717, 1.165) is 19.4 Å². The highest BCUT2D eigenvalue weighted by Gasteiger charge is 2.28. The molecule has 1 aromatic carbocycles. The number of likely N-dealkylation sites (tertiary alicyclic amines) is 1. The number of aromatic carboxylic acids is 1. The van der Waals surface area contributed by atoms with E-state index in [-0.39, 0.29) is 5.56 Å². The van der Waals surface area contributed by atoms with Crippen molar-refractivity contribution in [1.82, 2.24) is 4.90 Å². The SMILES string of the molecule is CC1(O)CCCN(Cc2cc(C(=O)O)ccc2F)C1. The molecule has 1 aliphatic heterocycles. The molecule has 2 rings (SSSR count). The van der Waals surface area contributed by atoms with Gasteiger partial charge in [-0.05, 0) is 44.5 Å². The molecule has 4 nitrogen and oxygen atoms in total. The molecule has 1 saturated heterocycles. The lowest BCUT2D eigenvalue weighted by Crippen LogP contribution is -2.45. The third-order valence-electron chi connectivity index (χ3n) is 3.44. The first-order valence-corrected chi connectivity index (χ1v) is 6.34. The van der Waals surface area contributed by atoms with Gasteiger partial charge in [-0.25, -0.2) is 9.18 Å². The molecule has 0 spiro atoms. The summed E-state index contributed by atoms with van der Waals surface area (Å²) in [6.07, 6.45) is 1.59. The fourth-order valence-corrected chi connectivity index (χ4v) is 2.53. The molecule has 0 bridgehead atoms. The topological polar surface area (TPSA) is 60.8 Å². The third-order valence-corrected chi connectivity index (χ3v) is 3.44. The van der Waals surface area contributed by atoms with Gasteiger partial charge >= 0.3 is 5.97 Å². The zero-order valence-corrected chi connectivity index (χ0v) is 10.9. The van der Waals surface area contributed by atoms with E-state index in [0.29, 0.717) is 18.7 Å². The quantitative estimate of drug-likeness (QED) is 0.877. The highest BCUT2D eigenvalue weighted by atomic mass is 19.1. The Kier molecular flexibility index (Phi) is 3.87. The minimum atomic E-state index is -1.06. The van der Waals surface area contributed by atoms with Crippen molar-refractivity contribution in [3.05, 3.63) is 35.1 Å².